The smallest absolute Gasteiger partial charge is 0.304 e. The summed E-state index contributed by atoms with van der Waals surface area (Å²) in [5.74, 6) is 1.50. The summed E-state index contributed by atoms with van der Waals surface area (Å²) in [6, 6.07) is 10.9. The topological polar surface area (TPSA) is 84.3 Å². The maximum Gasteiger partial charge on any atom is 0.304 e. The largest absolute Gasteiger partial charge is 0.494 e. The molecule has 8 nitrogen and oxygen atoms in total. The van der Waals surface area contributed by atoms with Crippen molar-refractivity contribution in [1.82, 2.24) is 9.29 Å². The number of halogens is 1. The van der Waals surface area contributed by atoms with Crippen LogP contribution in [0.15, 0.2) is 47.8 Å². The van der Waals surface area contributed by atoms with E-state index in [2.05, 4.69) is 10.1 Å². The van der Waals surface area contributed by atoms with Gasteiger partial charge in [-0.3, -0.25) is 4.31 Å². The number of unbranched alkanes of at least 4 members (excludes halogenated alkanes) is 2. The second kappa shape index (κ2) is 11.2. The van der Waals surface area contributed by atoms with Gasteiger partial charge in [-0.25, -0.2) is 4.98 Å². The molecule has 0 radical (unpaired) electrons. The van der Waals surface area contributed by atoms with Crippen LogP contribution < -0.4 is 9.04 Å². The first kappa shape index (κ1) is 23.8. The predicted octanol–water partition coefficient (Wildman–Crippen LogP) is 4.11. The van der Waals surface area contributed by atoms with Crippen molar-refractivity contribution in [2.75, 3.05) is 37.2 Å². The molecule has 1 aromatic carbocycles. The minimum atomic E-state index is -3.52. The van der Waals surface area contributed by atoms with Crippen LogP contribution in [-0.2, 0) is 15.0 Å². The lowest BCUT2D eigenvalue weighted by Gasteiger charge is -2.20. The summed E-state index contributed by atoms with van der Waals surface area (Å²) in [5.41, 5.74) is 1.52. The summed E-state index contributed by atoms with van der Waals surface area (Å²) in [6.07, 6.45) is 8.25. The van der Waals surface area contributed by atoms with Crippen molar-refractivity contribution in [3.63, 3.8) is 0 Å². The van der Waals surface area contributed by atoms with Gasteiger partial charge in [0.15, 0.2) is 0 Å². The molecule has 2 fully saturated rings. The van der Waals surface area contributed by atoms with Gasteiger partial charge in [0.05, 0.1) is 18.5 Å². The monoisotopic (exact) mass is 492 g/mol. The van der Waals surface area contributed by atoms with Crippen molar-refractivity contribution in [3.05, 3.63) is 53.3 Å². The van der Waals surface area contributed by atoms with Crippen LogP contribution in [0.4, 0.5) is 5.69 Å². The lowest BCUT2D eigenvalue weighted by molar-refractivity contribution is 0.135. The Hall–Kier alpha value is -2.36. The highest BCUT2D eigenvalue weighted by molar-refractivity contribution is 7.90. The van der Waals surface area contributed by atoms with Gasteiger partial charge in [-0.05, 0) is 80.0 Å². The molecular weight excluding hydrogens is 464 g/mol. The van der Waals surface area contributed by atoms with Crippen LogP contribution in [0.3, 0.4) is 0 Å². The van der Waals surface area contributed by atoms with Crippen LogP contribution in [0.5, 0.6) is 5.75 Å². The van der Waals surface area contributed by atoms with Crippen LogP contribution in [-0.4, -0.2) is 56.8 Å². The number of benzene rings is 1. The minimum absolute atomic E-state index is 0.279. The van der Waals surface area contributed by atoms with E-state index in [4.69, 9.17) is 21.2 Å². The first-order valence-electron chi connectivity index (χ1n) is 11.3. The van der Waals surface area contributed by atoms with E-state index in [1.807, 2.05) is 24.3 Å². The molecular formula is C23H29ClN4O4S. The second-order valence-corrected chi connectivity index (χ2v) is 10.5. The van der Waals surface area contributed by atoms with E-state index in [1.165, 1.54) is 27.6 Å². The number of aromatic nitrogens is 1. The van der Waals surface area contributed by atoms with Crippen LogP contribution in [0.2, 0.25) is 5.15 Å². The molecule has 1 saturated heterocycles. The quantitative estimate of drug-likeness (QED) is 0.193. The Morgan fingerprint density at radius 2 is 1.94 bits per heavy atom. The first-order chi connectivity index (χ1) is 16.0. The third-order valence-corrected chi connectivity index (χ3v) is 7.81. The molecule has 10 heteroatoms. The molecule has 0 atom stereocenters. The molecule has 1 aliphatic carbocycles. The van der Waals surface area contributed by atoms with Crippen molar-refractivity contribution in [3.8, 4) is 5.75 Å². The zero-order valence-corrected chi connectivity index (χ0v) is 20.0. The van der Waals surface area contributed by atoms with Crippen molar-refractivity contribution in [1.29, 1.82) is 0 Å². The predicted molar refractivity (Wildman–Crippen MR) is 129 cm³/mol. The van der Waals surface area contributed by atoms with E-state index in [0.29, 0.717) is 44.5 Å². The van der Waals surface area contributed by atoms with Crippen molar-refractivity contribution < 1.29 is 18.0 Å². The first-order valence-corrected chi connectivity index (χ1v) is 13.1. The molecule has 1 saturated carbocycles. The average Bonchev–Trinajstić information content (AvgIpc) is 3.58. The Bertz CT molecular complexity index is 1040. The Morgan fingerprint density at radius 1 is 1.12 bits per heavy atom. The number of ether oxygens (including phenoxy) is 1. The molecule has 4 rings (SSSR count). The maximum atomic E-state index is 12.8. The maximum absolute atomic E-state index is 12.8. The number of oxime groups is 1. The van der Waals surface area contributed by atoms with Crippen LogP contribution in [0.25, 0.3) is 0 Å². The van der Waals surface area contributed by atoms with E-state index in [1.54, 1.807) is 18.3 Å². The lowest BCUT2D eigenvalue weighted by atomic mass is 10.2. The summed E-state index contributed by atoms with van der Waals surface area (Å²) in [5, 5.41) is 4.27. The van der Waals surface area contributed by atoms with Crippen LogP contribution in [0.1, 0.15) is 37.7 Å². The Labute approximate surface area is 200 Å². The van der Waals surface area contributed by atoms with Crippen LogP contribution >= 0.6 is 11.6 Å². The number of pyridine rings is 1. The van der Waals surface area contributed by atoms with Gasteiger partial charge >= 0.3 is 10.2 Å². The van der Waals surface area contributed by atoms with E-state index >= 15 is 0 Å². The minimum Gasteiger partial charge on any atom is -0.494 e. The summed E-state index contributed by atoms with van der Waals surface area (Å²) in [7, 11) is -3.52. The molecule has 0 spiro atoms. The molecule has 2 aromatic rings. The highest BCUT2D eigenvalue weighted by Crippen LogP contribution is 2.29. The number of nitrogens with zero attached hydrogens (tertiary/aromatic N) is 4. The summed E-state index contributed by atoms with van der Waals surface area (Å²) >= 11 is 5.90. The highest BCUT2D eigenvalue weighted by atomic mass is 35.5. The van der Waals surface area contributed by atoms with Gasteiger partial charge in [0.25, 0.3) is 0 Å². The molecule has 0 N–H and O–H groups in total. The average molecular weight is 493 g/mol. The molecule has 178 valence electrons. The molecule has 0 bridgehead atoms. The third-order valence-electron chi connectivity index (χ3n) is 5.64. The number of rotatable bonds is 12. The summed E-state index contributed by atoms with van der Waals surface area (Å²) in [6.45, 7) is 2.68. The summed E-state index contributed by atoms with van der Waals surface area (Å²) in [4.78, 5) is 9.18. The zero-order chi connectivity index (χ0) is 23.1. The van der Waals surface area contributed by atoms with Gasteiger partial charge in [-0.1, -0.05) is 16.8 Å². The van der Waals surface area contributed by atoms with Crippen LogP contribution in [0, 0.1) is 5.92 Å². The highest BCUT2D eigenvalue weighted by Gasteiger charge is 2.36. The van der Waals surface area contributed by atoms with Gasteiger partial charge in [0, 0.05) is 25.8 Å². The molecule has 1 aliphatic heterocycles. The molecule has 0 amide bonds. The fraction of sp³-hybridized carbons (Fsp3) is 0.478. The molecule has 0 unspecified atom stereocenters. The zero-order valence-electron chi connectivity index (χ0n) is 18.5. The lowest BCUT2D eigenvalue weighted by Crippen LogP contribution is -2.33. The van der Waals surface area contributed by atoms with Gasteiger partial charge < -0.3 is 9.57 Å². The van der Waals surface area contributed by atoms with E-state index < -0.39 is 10.2 Å². The molecule has 33 heavy (non-hydrogen) atoms. The van der Waals surface area contributed by atoms with E-state index in [9.17, 15) is 8.42 Å². The number of hydrogen-bond acceptors (Lipinski definition) is 6. The van der Waals surface area contributed by atoms with Crippen molar-refractivity contribution in [2.24, 2.45) is 11.1 Å². The number of anilines is 1. The van der Waals surface area contributed by atoms with Crippen molar-refractivity contribution in [2.45, 2.75) is 32.1 Å². The van der Waals surface area contributed by atoms with Gasteiger partial charge in [0.1, 0.15) is 17.5 Å². The van der Waals surface area contributed by atoms with Crippen molar-refractivity contribution >= 4 is 33.7 Å². The molecule has 2 aliphatic rings. The standard InChI is InChI=1S/C23H29ClN4O4S/c24-23-16-21(10-11-25-23)28-14-13-27(33(28,29)30)12-2-1-3-15-31-22-8-6-19(7-9-22)17-26-32-18-20-4-5-20/h6-11,16-17,20H,1-5,12-15,18H2/b26-17+. The fourth-order valence-corrected chi connectivity index (χ4v) is 5.36. The Morgan fingerprint density at radius 3 is 2.70 bits per heavy atom. The summed E-state index contributed by atoms with van der Waals surface area (Å²) < 4.78 is 34.3. The Kier molecular flexibility index (Phi) is 8.06. The fourth-order valence-electron chi connectivity index (χ4n) is 3.55. The molecule has 2 heterocycles. The SMILES string of the molecule is O=S1(=O)N(CCCCCOc2ccc(/C=N/OCC3CC3)cc2)CCN1c1ccnc(Cl)c1. The Balaban J connectivity index is 1.12. The molecule has 1 aromatic heterocycles. The normalized spacial score (nSPS) is 18.2. The van der Waals surface area contributed by atoms with E-state index in [-0.39, 0.29) is 5.15 Å². The van der Waals surface area contributed by atoms with Gasteiger partial charge in [-0.2, -0.15) is 12.7 Å². The second-order valence-electron chi connectivity index (χ2n) is 8.27. The van der Waals surface area contributed by atoms with E-state index in [0.717, 1.165) is 30.6 Å². The van der Waals surface area contributed by atoms with Gasteiger partial charge in [0.2, 0.25) is 0 Å². The van der Waals surface area contributed by atoms with Gasteiger partial charge in [-0.15, -0.1) is 0 Å². The number of hydrogen-bond donors (Lipinski definition) is 0. The third kappa shape index (κ3) is 6.82.